The number of anilines is 1. The van der Waals surface area contributed by atoms with E-state index in [2.05, 4.69) is 22.1 Å². The molecule has 0 saturated carbocycles. The molecule has 2 saturated heterocycles. The van der Waals surface area contributed by atoms with Gasteiger partial charge in [-0.25, -0.2) is 0 Å². The van der Waals surface area contributed by atoms with Gasteiger partial charge < -0.3 is 20.3 Å². The number of piperidine rings is 1. The van der Waals surface area contributed by atoms with Crippen molar-refractivity contribution in [1.82, 2.24) is 10.3 Å². The van der Waals surface area contributed by atoms with Gasteiger partial charge in [0.2, 0.25) is 0 Å². The summed E-state index contributed by atoms with van der Waals surface area (Å²) in [7, 11) is 0. The Morgan fingerprint density at radius 1 is 1.38 bits per heavy atom. The Kier molecular flexibility index (Phi) is 4.05. The molecule has 1 aromatic heterocycles. The summed E-state index contributed by atoms with van der Waals surface area (Å²) in [6.45, 7) is 3.14. The molecule has 2 aliphatic heterocycles. The van der Waals surface area contributed by atoms with Crippen LogP contribution in [0.2, 0.25) is 0 Å². The fraction of sp³-hybridized carbons (Fsp3) is 0.667. The number of nitrogens with one attached hydrogen (secondary N) is 1. The zero-order chi connectivity index (χ0) is 14.8. The first kappa shape index (κ1) is 14.3. The highest BCUT2D eigenvalue weighted by Crippen LogP contribution is 2.32. The standard InChI is InChI=1S/C15H22N4O2/c1-2-7-18(13-5-6-15(16-10-13)19(20)21)14-8-11-3-4-12(9-14)17-11/h5-6,10-12,14,17H,2-4,7-9H2,1H3. The van der Waals surface area contributed by atoms with E-state index in [1.807, 2.05) is 6.07 Å². The van der Waals surface area contributed by atoms with E-state index in [0.29, 0.717) is 18.1 Å². The Morgan fingerprint density at radius 2 is 2.10 bits per heavy atom. The smallest absolute Gasteiger partial charge is 0.363 e. The van der Waals surface area contributed by atoms with E-state index in [1.165, 1.54) is 18.9 Å². The summed E-state index contributed by atoms with van der Waals surface area (Å²) in [6.07, 6.45) is 7.59. The molecule has 0 aromatic carbocycles. The number of hydrogen-bond donors (Lipinski definition) is 1. The lowest BCUT2D eigenvalue weighted by Gasteiger charge is -2.38. The van der Waals surface area contributed by atoms with Crippen molar-refractivity contribution in [2.24, 2.45) is 0 Å². The van der Waals surface area contributed by atoms with Gasteiger partial charge in [0, 0.05) is 30.7 Å². The van der Waals surface area contributed by atoms with Crippen LogP contribution in [0.4, 0.5) is 11.5 Å². The molecule has 0 spiro atoms. The Hall–Kier alpha value is -1.69. The number of fused-ring (bicyclic) bond motifs is 2. The van der Waals surface area contributed by atoms with Crippen molar-refractivity contribution in [3.8, 4) is 0 Å². The topological polar surface area (TPSA) is 71.3 Å². The number of rotatable bonds is 5. The molecule has 2 aliphatic rings. The summed E-state index contributed by atoms with van der Waals surface area (Å²) in [4.78, 5) is 16.6. The van der Waals surface area contributed by atoms with E-state index in [4.69, 9.17) is 0 Å². The number of nitrogens with zero attached hydrogens (tertiary/aromatic N) is 3. The zero-order valence-corrected chi connectivity index (χ0v) is 12.4. The number of aromatic nitrogens is 1. The van der Waals surface area contributed by atoms with E-state index in [1.54, 1.807) is 6.20 Å². The lowest BCUT2D eigenvalue weighted by atomic mass is 9.97. The van der Waals surface area contributed by atoms with Gasteiger partial charge in [-0.2, -0.15) is 0 Å². The van der Waals surface area contributed by atoms with E-state index in [-0.39, 0.29) is 5.82 Å². The summed E-state index contributed by atoms with van der Waals surface area (Å²) in [5.74, 6) is -0.0828. The van der Waals surface area contributed by atoms with Gasteiger partial charge in [-0.3, -0.25) is 0 Å². The number of nitro groups is 1. The summed E-state index contributed by atoms with van der Waals surface area (Å²) in [5.41, 5.74) is 1.01. The van der Waals surface area contributed by atoms with Crippen molar-refractivity contribution in [2.75, 3.05) is 11.4 Å². The second-order valence-electron chi connectivity index (χ2n) is 6.09. The van der Waals surface area contributed by atoms with Gasteiger partial charge in [-0.15, -0.1) is 0 Å². The average Bonchev–Trinajstić information content (AvgIpc) is 2.83. The molecule has 6 nitrogen and oxygen atoms in total. The minimum atomic E-state index is -0.446. The normalized spacial score (nSPS) is 27.6. The second-order valence-corrected chi connectivity index (χ2v) is 6.09. The van der Waals surface area contributed by atoms with Crippen LogP contribution in [0.15, 0.2) is 18.3 Å². The molecular formula is C15H22N4O2. The third-order valence-electron chi connectivity index (χ3n) is 4.60. The van der Waals surface area contributed by atoms with Crippen LogP contribution >= 0.6 is 0 Å². The maximum Gasteiger partial charge on any atom is 0.363 e. The van der Waals surface area contributed by atoms with Crippen LogP contribution in [0.3, 0.4) is 0 Å². The molecule has 1 N–H and O–H groups in total. The highest BCUT2D eigenvalue weighted by atomic mass is 16.6. The van der Waals surface area contributed by atoms with Gasteiger partial charge >= 0.3 is 5.82 Å². The predicted molar refractivity (Wildman–Crippen MR) is 81.5 cm³/mol. The lowest BCUT2D eigenvalue weighted by Crippen LogP contribution is -2.48. The molecule has 2 atom stereocenters. The molecule has 0 aliphatic carbocycles. The van der Waals surface area contributed by atoms with E-state index in [9.17, 15) is 10.1 Å². The largest absolute Gasteiger partial charge is 0.365 e. The SMILES string of the molecule is CCCN(c1ccc([N+](=O)[O-])nc1)C1CC2CCC(C1)N2. The van der Waals surface area contributed by atoms with Gasteiger partial charge in [-0.05, 0) is 48.1 Å². The highest BCUT2D eigenvalue weighted by Gasteiger charge is 2.36. The van der Waals surface area contributed by atoms with Gasteiger partial charge in [0.05, 0.1) is 5.69 Å². The minimum absolute atomic E-state index is 0.0828. The maximum atomic E-state index is 10.7. The van der Waals surface area contributed by atoms with Crippen molar-refractivity contribution in [3.05, 3.63) is 28.4 Å². The Labute approximate surface area is 124 Å². The summed E-state index contributed by atoms with van der Waals surface area (Å²) in [6, 6.07) is 5.14. The van der Waals surface area contributed by atoms with Crippen LogP contribution in [-0.4, -0.2) is 34.6 Å². The molecule has 3 rings (SSSR count). The fourth-order valence-corrected chi connectivity index (χ4v) is 3.70. The third-order valence-corrected chi connectivity index (χ3v) is 4.60. The zero-order valence-electron chi connectivity index (χ0n) is 12.4. The summed E-state index contributed by atoms with van der Waals surface area (Å²) < 4.78 is 0. The predicted octanol–water partition coefficient (Wildman–Crippen LogP) is 2.49. The average molecular weight is 290 g/mol. The number of pyridine rings is 1. The van der Waals surface area contributed by atoms with Crippen molar-refractivity contribution >= 4 is 11.5 Å². The van der Waals surface area contributed by atoms with E-state index < -0.39 is 4.92 Å². The van der Waals surface area contributed by atoms with Crippen molar-refractivity contribution in [1.29, 1.82) is 0 Å². The third kappa shape index (κ3) is 3.00. The van der Waals surface area contributed by atoms with Crippen molar-refractivity contribution in [2.45, 2.75) is 57.2 Å². The lowest BCUT2D eigenvalue weighted by molar-refractivity contribution is -0.389. The molecule has 2 bridgehead atoms. The monoisotopic (exact) mass is 290 g/mol. The van der Waals surface area contributed by atoms with Crippen LogP contribution in [0.25, 0.3) is 0 Å². The fourth-order valence-electron chi connectivity index (χ4n) is 3.70. The number of hydrogen-bond acceptors (Lipinski definition) is 5. The molecule has 0 radical (unpaired) electrons. The summed E-state index contributed by atoms with van der Waals surface area (Å²) >= 11 is 0. The molecular weight excluding hydrogens is 268 g/mol. The molecule has 114 valence electrons. The van der Waals surface area contributed by atoms with Crippen LogP contribution in [0.5, 0.6) is 0 Å². The molecule has 3 heterocycles. The van der Waals surface area contributed by atoms with Gasteiger partial charge in [0.25, 0.3) is 0 Å². The van der Waals surface area contributed by atoms with Crippen LogP contribution in [-0.2, 0) is 0 Å². The molecule has 1 aromatic rings. The van der Waals surface area contributed by atoms with E-state index in [0.717, 1.165) is 31.5 Å². The minimum Gasteiger partial charge on any atom is -0.365 e. The van der Waals surface area contributed by atoms with Crippen LogP contribution < -0.4 is 10.2 Å². The van der Waals surface area contributed by atoms with Crippen molar-refractivity contribution < 1.29 is 4.92 Å². The second kappa shape index (κ2) is 5.97. The maximum absolute atomic E-state index is 10.7. The van der Waals surface area contributed by atoms with Gasteiger partial charge in [-0.1, -0.05) is 6.92 Å². The first-order chi connectivity index (χ1) is 10.2. The van der Waals surface area contributed by atoms with Gasteiger partial charge in [0.15, 0.2) is 6.20 Å². The molecule has 2 unspecified atom stereocenters. The van der Waals surface area contributed by atoms with Crippen LogP contribution in [0.1, 0.15) is 39.0 Å². The van der Waals surface area contributed by atoms with Crippen LogP contribution in [0, 0.1) is 10.1 Å². The molecule has 0 amide bonds. The first-order valence-electron chi connectivity index (χ1n) is 7.80. The Balaban J connectivity index is 1.78. The molecule has 2 fully saturated rings. The van der Waals surface area contributed by atoms with Gasteiger partial charge in [0.1, 0.15) is 0 Å². The van der Waals surface area contributed by atoms with E-state index >= 15 is 0 Å². The molecule has 6 heteroatoms. The summed E-state index contributed by atoms with van der Waals surface area (Å²) in [5, 5.41) is 14.4. The highest BCUT2D eigenvalue weighted by molar-refractivity contribution is 5.47. The van der Waals surface area contributed by atoms with Crippen molar-refractivity contribution in [3.63, 3.8) is 0 Å². The Bertz CT molecular complexity index is 493. The molecule has 21 heavy (non-hydrogen) atoms. The Morgan fingerprint density at radius 3 is 2.62 bits per heavy atom. The first-order valence-corrected chi connectivity index (χ1v) is 7.80. The quantitative estimate of drug-likeness (QED) is 0.666.